The molecule has 110 valence electrons. The van der Waals surface area contributed by atoms with Crippen LogP contribution >= 0.6 is 0 Å². The summed E-state index contributed by atoms with van der Waals surface area (Å²) in [6, 6.07) is -0.376. The molecule has 0 radical (unpaired) electrons. The molecular weight excluding hydrogens is 244 g/mol. The predicted octanol–water partition coefficient (Wildman–Crippen LogP) is 2.63. The number of hydrogen-bond donors (Lipinski definition) is 2. The van der Waals surface area contributed by atoms with E-state index >= 15 is 0 Å². The first-order valence-electron chi connectivity index (χ1n) is 6.58. The van der Waals surface area contributed by atoms with Crippen LogP contribution in [0.4, 0.5) is 4.79 Å². The topological polar surface area (TPSA) is 69.6 Å². The highest BCUT2D eigenvalue weighted by Crippen LogP contribution is 2.19. The van der Waals surface area contributed by atoms with Crippen molar-refractivity contribution in [2.75, 3.05) is 6.54 Å². The molecule has 19 heavy (non-hydrogen) atoms. The number of carbonyl (C=O) groups is 2. The van der Waals surface area contributed by atoms with Crippen molar-refractivity contribution in [3.05, 3.63) is 12.7 Å². The van der Waals surface area contributed by atoms with Crippen LogP contribution in [0.1, 0.15) is 47.5 Å². The number of carboxylic acids is 1. The summed E-state index contributed by atoms with van der Waals surface area (Å²) < 4.78 is 0. The van der Waals surface area contributed by atoms with Crippen LogP contribution in [0.5, 0.6) is 0 Å². The number of nitrogens with one attached hydrogen (secondary N) is 1. The maximum Gasteiger partial charge on any atom is 0.329 e. The second kappa shape index (κ2) is 6.59. The lowest BCUT2D eigenvalue weighted by molar-refractivity contribution is -0.144. The number of nitrogens with zero attached hydrogens (tertiary/aromatic N) is 1. The summed E-state index contributed by atoms with van der Waals surface area (Å²) in [5.74, 6) is -1.00. The molecule has 0 fully saturated rings. The van der Waals surface area contributed by atoms with E-state index in [9.17, 15) is 14.7 Å². The lowest BCUT2D eigenvalue weighted by Gasteiger charge is -2.38. The van der Waals surface area contributed by atoms with E-state index in [1.165, 1.54) is 0 Å². The number of rotatable bonds is 6. The molecule has 2 N–H and O–H groups in total. The SMILES string of the molecule is C=CCN(C(=O)NC(CC)(CC)C(=O)O)C(C)(C)C. The Morgan fingerprint density at radius 3 is 2.00 bits per heavy atom. The molecule has 2 amide bonds. The lowest BCUT2D eigenvalue weighted by atomic mass is 9.93. The Hall–Kier alpha value is -1.52. The van der Waals surface area contributed by atoms with Gasteiger partial charge in [0.1, 0.15) is 5.54 Å². The maximum absolute atomic E-state index is 12.3. The van der Waals surface area contributed by atoms with Gasteiger partial charge in [-0.2, -0.15) is 0 Å². The van der Waals surface area contributed by atoms with E-state index in [1.807, 2.05) is 20.8 Å². The van der Waals surface area contributed by atoms with Gasteiger partial charge in [0.05, 0.1) is 0 Å². The van der Waals surface area contributed by atoms with Crippen LogP contribution in [0.25, 0.3) is 0 Å². The zero-order chi connectivity index (χ0) is 15.3. The van der Waals surface area contributed by atoms with E-state index in [0.717, 1.165) is 0 Å². The van der Waals surface area contributed by atoms with Crippen molar-refractivity contribution in [3.63, 3.8) is 0 Å². The summed E-state index contributed by atoms with van der Waals surface area (Å²) in [6.07, 6.45) is 2.32. The summed E-state index contributed by atoms with van der Waals surface area (Å²) in [6.45, 7) is 13.2. The average Bonchev–Trinajstić information content (AvgIpc) is 2.30. The molecule has 0 aliphatic heterocycles. The third kappa shape index (κ3) is 4.26. The number of carbonyl (C=O) groups excluding carboxylic acids is 1. The van der Waals surface area contributed by atoms with Gasteiger partial charge in [-0.05, 0) is 33.6 Å². The van der Waals surface area contributed by atoms with Crippen molar-refractivity contribution in [2.45, 2.75) is 58.5 Å². The summed E-state index contributed by atoms with van der Waals surface area (Å²) in [4.78, 5) is 25.3. The van der Waals surface area contributed by atoms with Crippen molar-refractivity contribution in [3.8, 4) is 0 Å². The number of carboxylic acid groups (broad SMARTS) is 1. The standard InChI is InChI=1S/C14H26N2O3/c1-7-10-16(13(4,5)6)12(19)15-14(8-2,9-3)11(17)18/h7H,1,8-10H2,2-6H3,(H,15,19)(H,17,18). The highest BCUT2D eigenvalue weighted by Gasteiger charge is 2.39. The summed E-state index contributed by atoms with van der Waals surface area (Å²) >= 11 is 0. The minimum absolute atomic E-state index is 0.344. The van der Waals surface area contributed by atoms with E-state index in [-0.39, 0.29) is 6.03 Å². The van der Waals surface area contributed by atoms with Crippen LogP contribution in [-0.4, -0.2) is 39.6 Å². The third-order valence-electron chi connectivity index (χ3n) is 3.33. The fourth-order valence-corrected chi connectivity index (χ4v) is 1.85. The molecule has 5 nitrogen and oxygen atoms in total. The van der Waals surface area contributed by atoms with Crippen LogP contribution in [0.3, 0.4) is 0 Å². The molecule has 0 saturated heterocycles. The fourth-order valence-electron chi connectivity index (χ4n) is 1.85. The molecule has 0 aromatic carbocycles. The Labute approximate surface area is 115 Å². The summed E-state index contributed by atoms with van der Waals surface area (Å²) in [5.41, 5.74) is -1.61. The Bertz CT molecular complexity index is 341. The molecular formula is C14H26N2O3. The van der Waals surface area contributed by atoms with Crippen LogP contribution in [0.2, 0.25) is 0 Å². The molecule has 0 aromatic heterocycles. The van der Waals surface area contributed by atoms with E-state index in [4.69, 9.17) is 0 Å². The molecule has 5 heteroatoms. The summed E-state index contributed by atoms with van der Waals surface area (Å²) in [5, 5.41) is 12.0. The van der Waals surface area contributed by atoms with Crippen molar-refractivity contribution in [1.29, 1.82) is 0 Å². The molecule has 0 unspecified atom stereocenters. The monoisotopic (exact) mass is 270 g/mol. The minimum atomic E-state index is -1.21. The van der Waals surface area contributed by atoms with Crippen LogP contribution in [-0.2, 0) is 4.79 Å². The van der Waals surface area contributed by atoms with E-state index in [0.29, 0.717) is 19.4 Å². The van der Waals surface area contributed by atoms with Gasteiger partial charge in [0.25, 0.3) is 0 Å². The zero-order valence-corrected chi connectivity index (χ0v) is 12.6. The number of aliphatic carboxylic acids is 1. The zero-order valence-electron chi connectivity index (χ0n) is 12.6. The van der Waals surface area contributed by atoms with E-state index in [1.54, 1.807) is 24.8 Å². The molecule has 0 aliphatic carbocycles. The fraction of sp³-hybridized carbons (Fsp3) is 0.714. The van der Waals surface area contributed by atoms with Crippen LogP contribution in [0, 0.1) is 0 Å². The molecule has 0 bridgehead atoms. The van der Waals surface area contributed by atoms with Crippen molar-refractivity contribution < 1.29 is 14.7 Å². The van der Waals surface area contributed by atoms with Crippen molar-refractivity contribution >= 4 is 12.0 Å². The molecule has 0 rings (SSSR count). The number of hydrogen-bond acceptors (Lipinski definition) is 2. The van der Waals surface area contributed by atoms with Gasteiger partial charge in [0.15, 0.2) is 0 Å². The minimum Gasteiger partial charge on any atom is -0.480 e. The Kier molecular flexibility index (Phi) is 6.06. The maximum atomic E-state index is 12.3. The van der Waals surface area contributed by atoms with Crippen LogP contribution < -0.4 is 5.32 Å². The first-order valence-corrected chi connectivity index (χ1v) is 6.58. The van der Waals surface area contributed by atoms with Gasteiger partial charge in [0, 0.05) is 12.1 Å². The smallest absolute Gasteiger partial charge is 0.329 e. The number of amides is 2. The quantitative estimate of drug-likeness (QED) is 0.729. The third-order valence-corrected chi connectivity index (χ3v) is 3.33. The predicted molar refractivity (Wildman–Crippen MR) is 76.1 cm³/mol. The summed E-state index contributed by atoms with van der Waals surface area (Å²) in [7, 11) is 0. The Morgan fingerprint density at radius 1 is 1.26 bits per heavy atom. The van der Waals surface area contributed by atoms with E-state index < -0.39 is 17.0 Å². The van der Waals surface area contributed by atoms with Crippen molar-refractivity contribution in [2.24, 2.45) is 0 Å². The molecule has 0 aromatic rings. The van der Waals surface area contributed by atoms with Crippen molar-refractivity contribution in [1.82, 2.24) is 10.2 Å². The Balaban J connectivity index is 5.18. The molecule has 0 aliphatic rings. The average molecular weight is 270 g/mol. The second-order valence-corrected chi connectivity index (χ2v) is 5.59. The molecule has 0 spiro atoms. The first-order chi connectivity index (χ1) is 8.64. The number of urea groups is 1. The van der Waals surface area contributed by atoms with Gasteiger partial charge in [-0.3, -0.25) is 0 Å². The molecule has 0 atom stereocenters. The van der Waals surface area contributed by atoms with Gasteiger partial charge in [-0.1, -0.05) is 19.9 Å². The lowest BCUT2D eigenvalue weighted by Crippen LogP contribution is -2.60. The largest absolute Gasteiger partial charge is 0.480 e. The van der Waals surface area contributed by atoms with E-state index in [2.05, 4.69) is 11.9 Å². The van der Waals surface area contributed by atoms with Gasteiger partial charge < -0.3 is 15.3 Å². The first kappa shape index (κ1) is 17.5. The van der Waals surface area contributed by atoms with Gasteiger partial charge >= 0.3 is 12.0 Å². The highest BCUT2D eigenvalue weighted by atomic mass is 16.4. The van der Waals surface area contributed by atoms with Crippen LogP contribution in [0.15, 0.2) is 12.7 Å². The normalized spacial score (nSPS) is 11.8. The molecule has 0 heterocycles. The highest BCUT2D eigenvalue weighted by molar-refractivity contribution is 5.86. The molecule has 0 saturated carbocycles. The Morgan fingerprint density at radius 2 is 1.74 bits per heavy atom. The second-order valence-electron chi connectivity index (χ2n) is 5.59. The van der Waals surface area contributed by atoms with Gasteiger partial charge in [-0.15, -0.1) is 6.58 Å². The van der Waals surface area contributed by atoms with Gasteiger partial charge in [-0.25, -0.2) is 9.59 Å². The van der Waals surface area contributed by atoms with Gasteiger partial charge in [0.2, 0.25) is 0 Å².